The van der Waals surface area contributed by atoms with E-state index in [4.69, 9.17) is 4.74 Å². The lowest BCUT2D eigenvalue weighted by molar-refractivity contribution is -0.134. The van der Waals surface area contributed by atoms with Gasteiger partial charge in [-0.1, -0.05) is 0 Å². The number of Topliss-reactive ketones (excluding diaryl/α,β-unsaturated/α-hetero) is 1. The van der Waals surface area contributed by atoms with Gasteiger partial charge in [-0.05, 0) is 18.2 Å². The minimum atomic E-state index is -0.915. The average Bonchev–Trinajstić information content (AvgIpc) is 3.16. The summed E-state index contributed by atoms with van der Waals surface area (Å²) in [5.74, 6) is -2.01. The molecule has 7 heteroatoms. The normalized spacial score (nSPS) is 16.6. The van der Waals surface area contributed by atoms with E-state index in [0.717, 1.165) is 11.4 Å². The quantitative estimate of drug-likeness (QED) is 0.333. The highest BCUT2D eigenvalue weighted by Crippen LogP contribution is 2.28. The molecule has 2 aromatic rings. The van der Waals surface area contributed by atoms with E-state index >= 15 is 0 Å². The van der Waals surface area contributed by atoms with E-state index in [1.807, 2.05) is 17.4 Å². The monoisotopic (exact) mass is 285 g/mol. The van der Waals surface area contributed by atoms with Crippen molar-refractivity contribution in [3.05, 3.63) is 35.7 Å². The van der Waals surface area contributed by atoms with Crippen LogP contribution in [0.2, 0.25) is 0 Å². The van der Waals surface area contributed by atoms with Crippen LogP contribution in [0, 0.1) is 0 Å². The molecule has 3 heterocycles. The maximum Gasteiger partial charge on any atom is 0.299 e. The van der Waals surface area contributed by atoms with Crippen molar-refractivity contribution in [1.82, 2.24) is 15.3 Å². The number of hydrogen-bond acceptors (Lipinski definition) is 4. The number of amides is 2. The third kappa shape index (κ3) is 2.14. The van der Waals surface area contributed by atoms with Gasteiger partial charge in [-0.3, -0.25) is 19.7 Å². The summed E-state index contributed by atoms with van der Waals surface area (Å²) in [5, 5.41) is 1.95. The van der Waals surface area contributed by atoms with E-state index in [2.05, 4.69) is 9.97 Å². The first-order chi connectivity index (χ1) is 10.1. The van der Waals surface area contributed by atoms with Crippen LogP contribution in [0.15, 0.2) is 30.0 Å². The number of ketones is 1. The van der Waals surface area contributed by atoms with Crippen molar-refractivity contribution in [2.75, 3.05) is 7.11 Å². The predicted octanol–water partition coefficient (Wildman–Crippen LogP) is 0.627. The Hall–Kier alpha value is -3.09. The maximum atomic E-state index is 11.6. The standard InChI is InChI=1S/C14H11N3O4/c1-21-11-6-9(8-3-2-4-15-8)16-10(11)5-7-12(18)14(20)17-13(7)19/h2-6,15-16H,1H3,(H,17,19,20)/b7-5-. The number of aromatic amines is 2. The number of imide groups is 1. The fourth-order valence-electron chi connectivity index (χ4n) is 2.10. The summed E-state index contributed by atoms with van der Waals surface area (Å²) in [6.45, 7) is 0. The van der Waals surface area contributed by atoms with Crippen LogP contribution in [0.5, 0.6) is 5.75 Å². The highest BCUT2D eigenvalue weighted by molar-refractivity contribution is 6.57. The zero-order valence-corrected chi connectivity index (χ0v) is 11.0. The van der Waals surface area contributed by atoms with Crippen LogP contribution in [-0.2, 0) is 14.4 Å². The minimum absolute atomic E-state index is 0.210. The number of nitrogens with one attached hydrogen (secondary N) is 3. The van der Waals surface area contributed by atoms with Gasteiger partial charge in [0.05, 0.1) is 29.8 Å². The molecule has 21 heavy (non-hydrogen) atoms. The first-order valence-corrected chi connectivity index (χ1v) is 6.12. The molecule has 3 N–H and O–H groups in total. The maximum absolute atomic E-state index is 11.6. The molecule has 2 amide bonds. The molecule has 0 bridgehead atoms. The Kier molecular flexibility index (Phi) is 2.94. The summed E-state index contributed by atoms with van der Waals surface area (Å²) in [5.41, 5.74) is 1.80. The molecule has 0 aromatic carbocycles. The summed E-state index contributed by atoms with van der Waals surface area (Å²) in [4.78, 5) is 40.4. The van der Waals surface area contributed by atoms with E-state index in [0.29, 0.717) is 11.4 Å². The molecular weight excluding hydrogens is 274 g/mol. The summed E-state index contributed by atoms with van der Waals surface area (Å²) in [6, 6.07) is 5.43. The molecule has 0 radical (unpaired) electrons. The van der Waals surface area contributed by atoms with Crippen LogP contribution in [0.3, 0.4) is 0 Å². The van der Waals surface area contributed by atoms with Gasteiger partial charge in [0.1, 0.15) is 5.75 Å². The Bertz CT molecular complexity index is 768. The lowest BCUT2D eigenvalue weighted by Gasteiger charge is -1.97. The topological polar surface area (TPSA) is 104 Å². The minimum Gasteiger partial charge on any atom is -0.494 e. The Morgan fingerprint density at radius 3 is 2.52 bits per heavy atom. The molecule has 1 saturated heterocycles. The molecule has 0 atom stereocenters. The second-order valence-electron chi connectivity index (χ2n) is 4.42. The Morgan fingerprint density at radius 2 is 1.95 bits per heavy atom. The molecule has 2 aromatic heterocycles. The van der Waals surface area contributed by atoms with Crippen LogP contribution in [0.4, 0.5) is 0 Å². The number of H-pyrrole nitrogens is 2. The van der Waals surface area contributed by atoms with Crippen molar-refractivity contribution in [3.8, 4) is 17.1 Å². The number of carbonyl (C=O) groups is 3. The van der Waals surface area contributed by atoms with E-state index in [9.17, 15) is 14.4 Å². The van der Waals surface area contributed by atoms with Gasteiger partial charge in [0.2, 0.25) is 0 Å². The van der Waals surface area contributed by atoms with Crippen LogP contribution >= 0.6 is 0 Å². The first-order valence-electron chi connectivity index (χ1n) is 6.12. The van der Waals surface area contributed by atoms with Gasteiger partial charge in [0.15, 0.2) is 0 Å². The Balaban J connectivity index is 2.05. The third-order valence-corrected chi connectivity index (χ3v) is 3.13. The number of ether oxygens (including phenoxy) is 1. The summed E-state index contributed by atoms with van der Waals surface area (Å²) in [6.07, 6.45) is 3.08. The van der Waals surface area contributed by atoms with Crippen LogP contribution in [0.1, 0.15) is 5.69 Å². The first kappa shape index (κ1) is 12.9. The summed E-state index contributed by atoms with van der Waals surface area (Å²) >= 11 is 0. The second-order valence-corrected chi connectivity index (χ2v) is 4.42. The largest absolute Gasteiger partial charge is 0.494 e. The summed E-state index contributed by atoms with van der Waals surface area (Å²) in [7, 11) is 1.48. The Morgan fingerprint density at radius 1 is 1.14 bits per heavy atom. The number of aromatic nitrogens is 2. The average molecular weight is 285 g/mol. The summed E-state index contributed by atoms with van der Waals surface area (Å²) < 4.78 is 5.21. The van der Waals surface area contributed by atoms with Crippen molar-refractivity contribution in [3.63, 3.8) is 0 Å². The number of hydrogen-bond donors (Lipinski definition) is 3. The van der Waals surface area contributed by atoms with E-state index in [1.165, 1.54) is 13.2 Å². The van der Waals surface area contributed by atoms with Crippen molar-refractivity contribution in [2.24, 2.45) is 0 Å². The molecule has 3 rings (SSSR count). The molecule has 106 valence electrons. The molecule has 1 aliphatic rings. The molecular formula is C14H11N3O4. The molecule has 1 aliphatic heterocycles. The number of methoxy groups -OCH3 is 1. The van der Waals surface area contributed by atoms with Gasteiger partial charge < -0.3 is 14.7 Å². The lowest BCUT2D eigenvalue weighted by Crippen LogP contribution is -2.21. The molecule has 1 fully saturated rings. The lowest BCUT2D eigenvalue weighted by atomic mass is 10.1. The van der Waals surface area contributed by atoms with E-state index < -0.39 is 17.6 Å². The smallest absolute Gasteiger partial charge is 0.299 e. The fourth-order valence-corrected chi connectivity index (χ4v) is 2.10. The number of carbonyl (C=O) groups excluding carboxylic acids is 3. The van der Waals surface area contributed by atoms with E-state index in [-0.39, 0.29) is 5.57 Å². The fraction of sp³-hybridized carbons (Fsp3) is 0.0714. The van der Waals surface area contributed by atoms with Gasteiger partial charge in [-0.2, -0.15) is 0 Å². The third-order valence-electron chi connectivity index (χ3n) is 3.13. The van der Waals surface area contributed by atoms with Gasteiger partial charge in [0, 0.05) is 12.3 Å². The van der Waals surface area contributed by atoms with Gasteiger partial charge in [-0.15, -0.1) is 0 Å². The molecule has 7 nitrogen and oxygen atoms in total. The van der Waals surface area contributed by atoms with Crippen molar-refractivity contribution in [1.29, 1.82) is 0 Å². The van der Waals surface area contributed by atoms with Crippen molar-refractivity contribution >= 4 is 23.7 Å². The Labute approximate surface area is 119 Å². The van der Waals surface area contributed by atoms with Gasteiger partial charge >= 0.3 is 0 Å². The second kappa shape index (κ2) is 4.78. The molecule has 0 saturated carbocycles. The SMILES string of the molecule is COc1cc(-c2ccc[nH]2)[nH]c1/C=C1\C(=O)NC(=O)C1=O. The van der Waals surface area contributed by atoms with E-state index in [1.54, 1.807) is 12.3 Å². The van der Waals surface area contributed by atoms with Gasteiger partial charge in [0.25, 0.3) is 17.6 Å². The zero-order valence-electron chi connectivity index (χ0n) is 11.0. The van der Waals surface area contributed by atoms with Crippen LogP contribution in [0.25, 0.3) is 17.5 Å². The molecule has 0 unspecified atom stereocenters. The zero-order chi connectivity index (χ0) is 15.0. The highest BCUT2D eigenvalue weighted by atomic mass is 16.5. The number of rotatable bonds is 3. The highest BCUT2D eigenvalue weighted by Gasteiger charge is 2.34. The van der Waals surface area contributed by atoms with Crippen molar-refractivity contribution < 1.29 is 19.1 Å². The van der Waals surface area contributed by atoms with Gasteiger partial charge in [-0.25, -0.2) is 0 Å². The molecule has 0 spiro atoms. The molecule has 0 aliphatic carbocycles. The van der Waals surface area contributed by atoms with Crippen LogP contribution < -0.4 is 10.1 Å². The van der Waals surface area contributed by atoms with Crippen molar-refractivity contribution in [2.45, 2.75) is 0 Å². The predicted molar refractivity (Wildman–Crippen MR) is 73.3 cm³/mol. The van der Waals surface area contributed by atoms with Crippen LogP contribution in [-0.4, -0.2) is 34.7 Å².